The van der Waals surface area contributed by atoms with E-state index in [0.29, 0.717) is 31.1 Å². The number of thioether (sulfide) groups is 1. The smallest absolute Gasteiger partial charge is 0.411 e. The first kappa shape index (κ1) is 63.0. The molecule has 3 saturated heterocycles. The number of anilines is 2. The topological polar surface area (TPSA) is 339 Å². The Morgan fingerprint density at radius 2 is 1.73 bits per heavy atom. The molecule has 4 heterocycles. The van der Waals surface area contributed by atoms with Crippen molar-refractivity contribution in [3.8, 4) is 5.75 Å². The summed E-state index contributed by atoms with van der Waals surface area (Å²) in [7, 11) is 0. The van der Waals surface area contributed by atoms with Gasteiger partial charge in [-0.3, -0.25) is 44.0 Å². The minimum Gasteiger partial charge on any atom is -0.479 e. The van der Waals surface area contributed by atoms with Gasteiger partial charge in [0, 0.05) is 75.3 Å². The van der Waals surface area contributed by atoms with E-state index in [-0.39, 0.29) is 69.8 Å². The number of carboxylic acids is 1. The van der Waals surface area contributed by atoms with Crippen LogP contribution in [0.2, 0.25) is 0 Å². The number of benzene rings is 2. The van der Waals surface area contributed by atoms with Gasteiger partial charge in [0.25, 0.3) is 5.91 Å². The Bertz CT molecular complexity index is 2680. The largest absolute Gasteiger partial charge is 0.479 e. The maximum Gasteiger partial charge on any atom is 0.411 e. The first-order valence-corrected chi connectivity index (χ1v) is 28.7. The van der Waals surface area contributed by atoms with Crippen molar-refractivity contribution in [2.75, 3.05) is 43.4 Å². The number of amides is 7. The van der Waals surface area contributed by atoms with Crippen LogP contribution < -0.4 is 31.7 Å². The van der Waals surface area contributed by atoms with Crippen molar-refractivity contribution in [3.63, 3.8) is 0 Å². The molecule has 10 N–H and O–H groups in total. The number of likely N-dealkylation sites (tertiary alicyclic amines) is 2. The molecule has 0 radical (unpaired) electrons. The predicted molar refractivity (Wildman–Crippen MR) is 304 cm³/mol. The third-order valence-electron chi connectivity index (χ3n) is 13.9. The molecule has 3 aliphatic heterocycles. The van der Waals surface area contributed by atoms with E-state index >= 15 is 0 Å². The normalized spacial score (nSPS) is 21.6. The average molecular weight is 1240 g/mol. The zero-order chi connectivity index (χ0) is 57.9. The van der Waals surface area contributed by atoms with Gasteiger partial charge in [-0.1, -0.05) is 80.3 Å². The van der Waals surface area contributed by atoms with E-state index in [1.165, 1.54) is 36.0 Å². The maximum atomic E-state index is 13.6. The number of carbonyl (C=O) groups is 8. The Kier molecular flexibility index (Phi) is 24.0. The Labute approximate surface area is 481 Å². The molecule has 6 rings (SSSR count). The molecular weight excluding hydrogens is 1170 g/mol. The van der Waals surface area contributed by atoms with Crippen LogP contribution in [0.15, 0.2) is 73.1 Å². The van der Waals surface area contributed by atoms with Crippen LogP contribution in [0.3, 0.4) is 0 Å². The average Bonchev–Trinajstić information content (AvgIpc) is 3.79. The Morgan fingerprint density at radius 3 is 2.42 bits per heavy atom. The van der Waals surface area contributed by atoms with E-state index in [1.807, 2.05) is 13.0 Å². The summed E-state index contributed by atoms with van der Waals surface area (Å²) in [6, 6.07) is 12.8. The Balaban J connectivity index is 1.01. The van der Waals surface area contributed by atoms with E-state index in [9.17, 15) is 58.8 Å². The summed E-state index contributed by atoms with van der Waals surface area (Å²) < 4.78 is 16.3. The highest BCUT2D eigenvalue weighted by Gasteiger charge is 2.49. The lowest BCUT2D eigenvalue weighted by atomic mass is 9.91. The lowest BCUT2D eigenvalue weighted by Gasteiger charge is -2.38. The molecule has 3 fully saturated rings. The summed E-state index contributed by atoms with van der Waals surface area (Å²) in [6.07, 6.45) is 3.33. The molecular formula is C55H71IN8O15S. The van der Waals surface area contributed by atoms with Crippen molar-refractivity contribution >= 4 is 99.3 Å². The second-order valence-electron chi connectivity index (χ2n) is 19.7. The molecule has 8 atom stereocenters. The van der Waals surface area contributed by atoms with Crippen LogP contribution in [-0.2, 0) is 44.8 Å². The van der Waals surface area contributed by atoms with E-state index in [2.05, 4.69) is 55.8 Å². The molecule has 3 aromatic rings. The van der Waals surface area contributed by atoms with Gasteiger partial charge in [-0.15, -0.1) is 11.8 Å². The summed E-state index contributed by atoms with van der Waals surface area (Å²) in [5.74, 6) is -4.27. The zero-order valence-corrected chi connectivity index (χ0v) is 47.6. The van der Waals surface area contributed by atoms with E-state index in [0.717, 1.165) is 68.3 Å². The van der Waals surface area contributed by atoms with Gasteiger partial charge in [0.2, 0.25) is 35.8 Å². The van der Waals surface area contributed by atoms with Gasteiger partial charge in [0.05, 0.1) is 13.7 Å². The van der Waals surface area contributed by atoms with Crippen LogP contribution >= 0.6 is 34.4 Å². The second kappa shape index (κ2) is 30.5. The number of aliphatic carboxylic acids is 1. The number of aromatic nitrogens is 1. The van der Waals surface area contributed by atoms with E-state index in [1.54, 1.807) is 53.7 Å². The number of hydrogen-bond acceptors (Lipinski definition) is 17. The number of nitrogens with zero attached hydrogens (tertiary/aromatic N) is 3. The van der Waals surface area contributed by atoms with Crippen molar-refractivity contribution < 1.29 is 73.0 Å². The number of rotatable bonds is 27. The molecule has 23 nitrogen and oxygen atoms in total. The van der Waals surface area contributed by atoms with Gasteiger partial charge in [0.1, 0.15) is 36.7 Å². The molecule has 0 spiro atoms. The fourth-order valence-corrected chi connectivity index (χ4v) is 12.0. The Morgan fingerprint density at radius 1 is 0.950 bits per heavy atom. The number of aliphatic hydroxyl groups is 3. The lowest BCUT2D eigenvalue weighted by molar-refractivity contribution is -0.271. The first-order valence-electron chi connectivity index (χ1n) is 26.7. The van der Waals surface area contributed by atoms with Gasteiger partial charge in [0.15, 0.2) is 6.10 Å². The molecule has 6 unspecified atom stereocenters. The summed E-state index contributed by atoms with van der Waals surface area (Å²) in [6.45, 7) is 4.78. The SMILES string of the molecule is CCCCC(I)(CC)SC1CC(=O)N(C(CN)C(=O)NCCC(=O)Nc2cc(COC(=O)Nc3cccc(C(=O)N4CCC(CCCCNC(=O)/C=C/c5cccnc5)CC4)c3)ccc2OC2OC(C(=O)O)C(O)[C@H](O)[C@@H]2O)C1=O. The number of piperidine rings is 1. The molecule has 7 amide bonds. The quantitative estimate of drug-likeness (QED) is 0.0169. The van der Waals surface area contributed by atoms with Crippen molar-refractivity contribution in [1.29, 1.82) is 0 Å². The van der Waals surface area contributed by atoms with Gasteiger partial charge in [-0.2, -0.15) is 0 Å². The monoisotopic (exact) mass is 1240 g/mol. The number of ether oxygens (including phenoxy) is 3. The molecule has 0 bridgehead atoms. The van der Waals surface area contributed by atoms with Crippen molar-refractivity contribution in [2.45, 2.75) is 136 Å². The van der Waals surface area contributed by atoms with Gasteiger partial charge in [-0.05, 0) is 91.6 Å². The van der Waals surface area contributed by atoms with Crippen molar-refractivity contribution in [3.05, 3.63) is 89.8 Å². The fraction of sp³-hybridized carbons (Fsp3) is 0.509. The zero-order valence-electron chi connectivity index (χ0n) is 44.6. The van der Waals surface area contributed by atoms with E-state index in [4.69, 9.17) is 19.9 Å². The summed E-state index contributed by atoms with van der Waals surface area (Å²) in [5, 5.41) is 50.9. The first-order chi connectivity index (χ1) is 38.3. The number of carboxylic acid groups (broad SMARTS) is 1. The van der Waals surface area contributed by atoms with Crippen molar-refractivity contribution in [2.24, 2.45) is 11.7 Å². The number of imide groups is 1. The maximum absolute atomic E-state index is 13.6. The highest BCUT2D eigenvalue weighted by molar-refractivity contribution is 14.1. The summed E-state index contributed by atoms with van der Waals surface area (Å²) in [4.78, 5) is 111. The number of carbonyl (C=O) groups excluding carboxylic acids is 7. The number of aliphatic hydroxyl groups excluding tert-OH is 3. The molecule has 3 aliphatic rings. The lowest BCUT2D eigenvalue weighted by Crippen LogP contribution is -2.61. The molecule has 25 heteroatoms. The molecule has 0 aliphatic carbocycles. The number of hydrogen-bond donors (Lipinski definition) is 9. The van der Waals surface area contributed by atoms with Crippen LogP contribution in [0.1, 0.15) is 106 Å². The van der Waals surface area contributed by atoms with Gasteiger partial charge >= 0.3 is 12.1 Å². The highest BCUT2D eigenvalue weighted by atomic mass is 127. The minimum absolute atomic E-state index is 0.0795. The number of alkyl halides is 1. The minimum atomic E-state index is -2.01. The highest BCUT2D eigenvalue weighted by Crippen LogP contribution is 2.46. The number of nitrogens with one attached hydrogen (secondary N) is 4. The summed E-state index contributed by atoms with van der Waals surface area (Å²) >= 11 is 3.75. The fourth-order valence-electron chi connectivity index (χ4n) is 9.27. The number of unbranched alkanes of at least 4 members (excludes halogenated alkanes) is 2. The number of halogens is 1. The van der Waals surface area contributed by atoms with Crippen molar-refractivity contribution in [1.82, 2.24) is 25.4 Å². The third-order valence-corrected chi connectivity index (χ3v) is 17.5. The Hall–Kier alpha value is -6.23. The number of pyridine rings is 1. The summed E-state index contributed by atoms with van der Waals surface area (Å²) in [5.41, 5.74) is 7.61. The van der Waals surface area contributed by atoms with Crippen LogP contribution in [0.4, 0.5) is 16.2 Å². The van der Waals surface area contributed by atoms with Gasteiger partial charge in [-0.25, -0.2) is 9.59 Å². The molecule has 0 saturated carbocycles. The second-order valence-corrected chi connectivity index (χ2v) is 24.1. The molecule has 434 valence electrons. The molecule has 1 aromatic heterocycles. The van der Waals surface area contributed by atoms with Gasteiger partial charge < -0.3 is 61.2 Å². The van der Waals surface area contributed by atoms with Crippen LogP contribution in [-0.4, -0.2) is 160 Å². The molecule has 80 heavy (non-hydrogen) atoms. The number of nitrogens with two attached hydrogens (primary N) is 1. The predicted octanol–water partition coefficient (Wildman–Crippen LogP) is 4.32. The molecule has 2 aromatic carbocycles. The third kappa shape index (κ3) is 17.9. The van der Waals surface area contributed by atoms with Crippen LogP contribution in [0, 0.1) is 5.92 Å². The van der Waals surface area contributed by atoms with E-state index < -0.39 is 77.7 Å². The van der Waals surface area contributed by atoms with Crippen LogP contribution in [0.25, 0.3) is 6.08 Å². The van der Waals surface area contributed by atoms with Crippen LogP contribution in [0.5, 0.6) is 5.75 Å². The standard InChI is InChI=1S/C55H71IN8O15S/c1-3-5-21-55(56,4-2)80-41-29-44(67)64(51(41)73)39(30-57)49(71)60-24-18-43(66)62-38-27-35(14-16-40(38)78-53-47(70)45(68)46(69)48(79-53)52(74)75)32-77-54(76)61-37-13-8-12-36(28-37)50(72)63-25-19-33(20-26-63)10-6-7-23-59-42(65)17-15-34-11-9-22-58-31-34/h8-9,11-17,22,27-28,31,33,39,41,45-48,53,68-70H,3-7,10,18-21,23-26,29-30,32,57H2,1-2H3,(H,59,65)(H,60,71)(H,61,76)(H,62,66)(H,74,75)/b17-15+/t39?,41?,45-,46?,47-,48?,53?,55?/m0/s1.